The highest BCUT2D eigenvalue weighted by Crippen LogP contribution is 2.45. The van der Waals surface area contributed by atoms with E-state index in [1.165, 1.54) is 87.6 Å². The fourth-order valence-corrected chi connectivity index (χ4v) is 7.32. The van der Waals surface area contributed by atoms with Gasteiger partial charge in [0.25, 0.3) is 0 Å². The second-order valence-corrected chi connectivity index (χ2v) is 12.1. The third-order valence-corrected chi connectivity index (χ3v) is 9.45. The van der Waals surface area contributed by atoms with Crippen LogP contribution in [-0.2, 0) is 0 Å². The zero-order valence-corrected chi connectivity index (χ0v) is 25.3. The minimum atomic E-state index is 1.21. The molecule has 0 bridgehead atoms. The molecule has 0 aliphatic rings. The van der Waals surface area contributed by atoms with E-state index in [-0.39, 0.29) is 0 Å². The molecule has 0 heterocycles. The molecule has 0 spiro atoms. The molecule has 0 fully saturated rings. The second kappa shape index (κ2) is 10.9. The molecule has 0 aromatic heterocycles. The van der Waals surface area contributed by atoms with Crippen LogP contribution < -0.4 is 0 Å². The first kappa shape index (κ1) is 26.4. The summed E-state index contributed by atoms with van der Waals surface area (Å²) in [5.41, 5.74) is 9.97. The third-order valence-electron chi connectivity index (χ3n) is 9.45. The summed E-state index contributed by atoms with van der Waals surface area (Å²) in [7, 11) is 0. The van der Waals surface area contributed by atoms with Gasteiger partial charge < -0.3 is 0 Å². The molecule has 9 aromatic carbocycles. The van der Waals surface area contributed by atoms with Crippen molar-refractivity contribution in [2.75, 3.05) is 0 Å². The van der Waals surface area contributed by atoms with Crippen LogP contribution in [0.15, 0.2) is 182 Å². The van der Waals surface area contributed by atoms with Crippen LogP contribution in [0.5, 0.6) is 0 Å². The van der Waals surface area contributed by atoms with Crippen LogP contribution in [0.3, 0.4) is 0 Å². The zero-order chi connectivity index (χ0) is 30.5. The van der Waals surface area contributed by atoms with Crippen molar-refractivity contribution in [3.63, 3.8) is 0 Å². The maximum absolute atomic E-state index is 2.40. The molecule has 0 radical (unpaired) electrons. The molecular formula is C46H30. The molecule has 0 nitrogen and oxygen atoms in total. The lowest BCUT2D eigenvalue weighted by atomic mass is 9.85. The van der Waals surface area contributed by atoms with Gasteiger partial charge in [0.2, 0.25) is 0 Å². The summed E-state index contributed by atoms with van der Waals surface area (Å²) < 4.78 is 0. The highest BCUT2D eigenvalue weighted by Gasteiger charge is 2.17. The van der Waals surface area contributed by atoms with Crippen molar-refractivity contribution < 1.29 is 0 Å². The molecule has 0 saturated heterocycles. The summed E-state index contributed by atoms with van der Waals surface area (Å²) in [4.78, 5) is 0. The van der Waals surface area contributed by atoms with Crippen LogP contribution in [0.4, 0.5) is 0 Å². The van der Waals surface area contributed by atoms with Gasteiger partial charge >= 0.3 is 0 Å². The monoisotopic (exact) mass is 582 g/mol. The number of rotatable bonds is 4. The fourth-order valence-electron chi connectivity index (χ4n) is 7.32. The van der Waals surface area contributed by atoms with E-state index >= 15 is 0 Å². The van der Waals surface area contributed by atoms with E-state index in [0.29, 0.717) is 0 Å². The predicted molar refractivity (Wildman–Crippen MR) is 198 cm³/mol. The van der Waals surface area contributed by atoms with Crippen LogP contribution in [0.1, 0.15) is 0 Å². The van der Waals surface area contributed by atoms with Gasteiger partial charge in [0, 0.05) is 0 Å². The van der Waals surface area contributed by atoms with E-state index in [0.717, 1.165) is 0 Å². The minimum absolute atomic E-state index is 1.21. The molecule has 0 saturated carbocycles. The Labute approximate surface area is 268 Å². The minimum Gasteiger partial charge on any atom is -0.0622 e. The number of hydrogen-bond acceptors (Lipinski definition) is 0. The summed E-state index contributed by atoms with van der Waals surface area (Å²) in [5, 5.41) is 10.2. The Kier molecular flexibility index (Phi) is 6.25. The van der Waals surface area contributed by atoms with E-state index in [1.807, 2.05) is 0 Å². The number of benzene rings is 9. The Morgan fingerprint density at radius 1 is 0.217 bits per heavy atom. The summed E-state index contributed by atoms with van der Waals surface area (Å²) in [6.07, 6.45) is 0. The van der Waals surface area contributed by atoms with Gasteiger partial charge in [-0.25, -0.2) is 0 Å². The third kappa shape index (κ3) is 4.30. The average molecular weight is 583 g/mol. The van der Waals surface area contributed by atoms with Crippen LogP contribution in [0.25, 0.3) is 87.6 Å². The van der Waals surface area contributed by atoms with Gasteiger partial charge in [-0.3, -0.25) is 0 Å². The molecule has 0 atom stereocenters. The average Bonchev–Trinajstić information content (AvgIpc) is 3.14. The largest absolute Gasteiger partial charge is 0.0622 e. The highest BCUT2D eigenvalue weighted by molar-refractivity contribution is 6.22. The topological polar surface area (TPSA) is 0 Å². The lowest BCUT2D eigenvalue weighted by Gasteiger charge is -2.19. The predicted octanol–water partition coefficient (Wildman–Crippen LogP) is 13.0. The summed E-state index contributed by atoms with van der Waals surface area (Å²) in [6, 6.07) is 66.5. The summed E-state index contributed by atoms with van der Waals surface area (Å²) in [5.74, 6) is 0. The van der Waals surface area contributed by atoms with Crippen molar-refractivity contribution in [2.45, 2.75) is 0 Å². The molecule has 0 aliphatic heterocycles. The molecule has 0 heteroatoms. The molecule has 0 unspecified atom stereocenters. The standard InChI is InChI=1S/C46H30/c1-3-13-33(14-4-1)45-40-21-11-12-22-41(40)46(34-15-5-2-6-16-34)44-29-35(27-28-42(44)45)31-23-25-32(26-24-31)43-30-36-17-7-8-18-37(36)38-19-9-10-20-39(38)43/h1-30H. The normalized spacial score (nSPS) is 11.5. The molecule has 0 aliphatic carbocycles. The Hall–Kier alpha value is -5.98. The van der Waals surface area contributed by atoms with Crippen LogP contribution in [-0.4, -0.2) is 0 Å². The van der Waals surface area contributed by atoms with Gasteiger partial charge in [-0.2, -0.15) is 0 Å². The first-order valence-electron chi connectivity index (χ1n) is 15.9. The van der Waals surface area contributed by atoms with E-state index in [1.54, 1.807) is 0 Å². The van der Waals surface area contributed by atoms with E-state index in [2.05, 4.69) is 182 Å². The van der Waals surface area contributed by atoms with Crippen molar-refractivity contribution in [3.05, 3.63) is 182 Å². The van der Waals surface area contributed by atoms with Gasteiger partial charge in [-0.15, -0.1) is 0 Å². The molecule has 9 rings (SSSR count). The van der Waals surface area contributed by atoms with Gasteiger partial charge in [-0.1, -0.05) is 170 Å². The quantitative estimate of drug-likeness (QED) is 0.143. The summed E-state index contributed by atoms with van der Waals surface area (Å²) >= 11 is 0. The maximum atomic E-state index is 2.40. The molecule has 214 valence electrons. The van der Waals surface area contributed by atoms with Crippen LogP contribution in [0, 0.1) is 0 Å². The van der Waals surface area contributed by atoms with Crippen molar-refractivity contribution in [1.82, 2.24) is 0 Å². The van der Waals surface area contributed by atoms with Gasteiger partial charge in [0.1, 0.15) is 0 Å². The van der Waals surface area contributed by atoms with Gasteiger partial charge in [0.05, 0.1) is 0 Å². The lowest BCUT2D eigenvalue weighted by Crippen LogP contribution is -1.91. The van der Waals surface area contributed by atoms with Crippen molar-refractivity contribution >= 4 is 43.1 Å². The molecule has 9 aromatic rings. The number of fused-ring (bicyclic) bond motifs is 5. The van der Waals surface area contributed by atoms with Crippen molar-refractivity contribution in [2.24, 2.45) is 0 Å². The second-order valence-electron chi connectivity index (χ2n) is 12.1. The Morgan fingerprint density at radius 2 is 0.674 bits per heavy atom. The molecule has 46 heavy (non-hydrogen) atoms. The number of hydrogen-bond donors (Lipinski definition) is 0. The van der Waals surface area contributed by atoms with E-state index in [9.17, 15) is 0 Å². The first-order valence-corrected chi connectivity index (χ1v) is 15.9. The van der Waals surface area contributed by atoms with Crippen molar-refractivity contribution in [1.29, 1.82) is 0 Å². The van der Waals surface area contributed by atoms with Crippen LogP contribution in [0.2, 0.25) is 0 Å². The Bertz CT molecular complexity index is 2540. The summed E-state index contributed by atoms with van der Waals surface area (Å²) in [6.45, 7) is 0. The Balaban J connectivity index is 1.25. The van der Waals surface area contributed by atoms with Gasteiger partial charge in [-0.05, 0) is 99.7 Å². The SMILES string of the molecule is c1ccc(-c2c3ccccc3c(-c3ccccc3)c3cc(-c4ccc(-c5cc6ccccc6c6ccccc56)cc4)ccc23)cc1. The molecule has 0 amide bonds. The van der Waals surface area contributed by atoms with E-state index < -0.39 is 0 Å². The molecule has 0 N–H and O–H groups in total. The molecular weight excluding hydrogens is 553 g/mol. The zero-order valence-electron chi connectivity index (χ0n) is 25.3. The van der Waals surface area contributed by atoms with Crippen LogP contribution >= 0.6 is 0 Å². The van der Waals surface area contributed by atoms with Gasteiger partial charge in [0.15, 0.2) is 0 Å². The van der Waals surface area contributed by atoms with Crippen molar-refractivity contribution in [3.8, 4) is 44.5 Å². The highest BCUT2D eigenvalue weighted by atomic mass is 14.2. The lowest BCUT2D eigenvalue weighted by molar-refractivity contribution is 1.62. The smallest absolute Gasteiger partial charge is 0.00262 e. The van der Waals surface area contributed by atoms with E-state index in [4.69, 9.17) is 0 Å². The first-order chi connectivity index (χ1) is 22.8. The maximum Gasteiger partial charge on any atom is -0.00262 e. The fraction of sp³-hybridized carbons (Fsp3) is 0. The Morgan fingerprint density at radius 3 is 1.33 bits per heavy atom.